The molecule has 0 unspecified atom stereocenters. The molecule has 15 heavy (non-hydrogen) atoms. The van der Waals surface area contributed by atoms with Gasteiger partial charge in [0.25, 0.3) is 0 Å². The largest absolute Gasteiger partial charge is 0.396 e. The summed E-state index contributed by atoms with van der Waals surface area (Å²) in [7, 11) is 0. The monoisotopic (exact) mass is 218 g/mol. The third-order valence-corrected chi connectivity index (χ3v) is 2.88. The molecule has 4 heteroatoms. The van der Waals surface area contributed by atoms with Gasteiger partial charge in [-0.25, -0.2) is 0 Å². The second-order valence-electron chi connectivity index (χ2n) is 4.70. The van der Waals surface area contributed by atoms with E-state index in [2.05, 4.69) is 0 Å². The first kappa shape index (κ1) is 12.9. The maximum Gasteiger partial charge on any atom is 0.0564 e. The van der Waals surface area contributed by atoms with E-state index in [9.17, 15) is 0 Å². The summed E-state index contributed by atoms with van der Waals surface area (Å²) >= 11 is 0. The summed E-state index contributed by atoms with van der Waals surface area (Å²) in [6.07, 6.45) is 2.08. The van der Waals surface area contributed by atoms with Gasteiger partial charge in [0.2, 0.25) is 0 Å². The van der Waals surface area contributed by atoms with Crippen LogP contribution in [0.1, 0.15) is 19.8 Å². The molecule has 2 rings (SSSR count). The number of hydrogen-bond donors (Lipinski definition) is 2. The first-order valence-corrected chi connectivity index (χ1v) is 5.57. The molecule has 4 nitrogen and oxygen atoms in total. The quantitative estimate of drug-likeness (QED) is 0.705. The maximum atomic E-state index is 8.64. The molecule has 0 saturated carbocycles. The Kier molecular flexibility index (Phi) is 5.53. The predicted octanol–water partition coefficient (Wildman–Crippen LogP) is 0.420. The van der Waals surface area contributed by atoms with Crippen molar-refractivity contribution in [3.05, 3.63) is 0 Å². The van der Waals surface area contributed by atoms with Crippen LogP contribution < -0.4 is 0 Å². The van der Waals surface area contributed by atoms with Gasteiger partial charge in [0.1, 0.15) is 0 Å². The second-order valence-corrected chi connectivity index (χ2v) is 4.70. The Hall–Kier alpha value is -0.160. The zero-order chi connectivity index (χ0) is 11.1. The summed E-state index contributed by atoms with van der Waals surface area (Å²) in [5.74, 6) is 0.517. The van der Waals surface area contributed by atoms with Gasteiger partial charge in [0.05, 0.1) is 19.8 Å². The molecule has 2 heterocycles. The Bertz CT molecular complexity index is 156. The Balaban J connectivity index is 0.000000151. The topological polar surface area (TPSA) is 58.9 Å². The van der Waals surface area contributed by atoms with Crippen molar-refractivity contribution >= 4 is 0 Å². The van der Waals surface area contributed by atoms with Crippen molar-refractivity contribution in [2.24, 2.45) is 11.3 Å². The van der Waals surface area contributed by atoms with Crippen LogP contribution in [0.15, 0.2) is 0 Å². The number of rotatable bonds is 2. The molecule has 2 N–H and O–H groups in total. The fourth-order valence-electron chi connectivity index (χ4n) is 1.47. The molecule has 90 valence electrons. The van der Waals surface area contributed by atoms with Gasteiger partial charge in [-0.2, -0.15) is 0 Å². The molecule has 0 aromatic heterocycles. The van der Waals surface area contributed by atoms with Crippen LogP contribution in [0.5, 0.6) is 0 Å². The zero-order valence-corrected chi connectivity index (χ0v) is 9.45. The highest BCUT2D eigenvalue weighted by molar-refractivity contribution is 4.78. The van der Waals surface area contributed by atoms with Gasteiger partial charge in [-0.3, -0.25) is 0 Å². The van der Waals surface area contributed by atoms with Crippen molar-refractivity contribution in [1.29, 1.82) is 0 Å². The van der Waals surface area contributed by atoms with Gasteiger partial charge in [0.15, 0.2) is 0 Å². The highest BCUT2D eigenvalue weighted by Crippen LogP contribution is 2.24. The van der Waals surface area contributed by atoms with E-state index in [-0.39, 0.29) is 12.0 Å². The molecule has 0 bridgehead atoms. The molecular weight excluding hydrogens is 196 g/mol. The van der Waals surface area contributed by atoms with Gasteiger partial charge < -0.3 is 19.7 Å². The molecule has 2 saturated heterocycles. The minimum atomic E-state index is 0.0972. The first-order chi connectivity index (χ1) is 7.20. The summed E-state index contributed by atoms with van der Waals surface area (Å²) in [4.78, 5) is 0. The molecule has 0 amide bonds. The number of hydrogen-bond acceptors (Lipinski definition) is 4. The van der Waals surface area contributed by atoms with Crippen LogP contribution in [0.4, 0.5) is 0 Å². The summed E-state index contributed by atoms with van der Waals surface area (Å²) in [6, 6.07) is 0. The highest BCUT2D eigenvalue weighted by Gasteiger charge is 2.31. The third kappa shape index (κ3) is 4.47. The van der Waals surface area contributed by atoms with Crippen molar-refractivity contribution in [2.75, 3.05) is 39.6 Å². The van der Waals surface area contributed by atoms with Crippen LogP contribution in [0.2, 0.25) is 0 Å². The normalized spacial score (nSPS) is 25.0. The minimum Gasteiger partial charge on any atom is -0.396 e. The van der Waals surface area contributed by atoms with Gasteiger partial charge in [-0.15, -0.1) is 0 Å². The van der Waals surface area contributed by atoms with E-state index in [1.807, 2.05) is 6.92 Å². The predicted molar refractivity (Wildman–Crippen MR) is 56.6 cm³/mol. The summed E-state index contributed by atoms with van der Waals surface area (Å²) in [5.41, 5.74) is 0.0972. The van der Waals surface area contributed by atoms with E-state index in [1.54, 1.807) is 0 Å². The molecule has 0 aromatic rings. The van der Waals surface area contributed by atoms with Crippen LogP contribution in [-0.2, 0) is 9.47 Å². The van der Waals surface area contributed by atoms with Crippen molar-refractivity contribution < 1.29 is 19.7 Å². The first-order valence-electron chi connectivity index (χ1n) is 5.57. The molecule has 0 spiro atoms. The van der Waals surface area contributed by atoms with Crippen molar-refractivity contribution in [2.45, 2.75) is 19.8 Å². The molecule has 2 aliphatic heterocycles. The summed E-state index contributed by atoms with van der Waals surface area (Å²) in [5, 5.41) is 17.2. The second kappa shape index (κ2) is 6.43. The lowest BCUT2D eigenvalue weighted by molar-refractivity contribution is -0.125. The lowest BCUT2D eigenvalue weighted by atomic mass is 9.90. The summed E-state index contributed by atoms with van der Waals surface area (Å²) < 4.78 is 9.96. The molecule has 2 fully saturated rings. The Labute approximate surface area is 91.2 Å². The van der Waals surface area contributed by atoms with E-state index in [0.717, 1.165) is 39.3 Å². The van der Waals surface area contributed by atoms with Gasteiger partial charge in [-0.1, -0.05) is 6.92 Å². The van der Waals surface area contributed by atoms with Crippen LogP contribution in [0, 0.1) is 11.3 Å². The SMILES string of the molecule is CC1(CO)COC1.OCC1CCOCC1. The maximum absolute atomic E-state index is 8.64. The summed E-state index contributed by atoms with van der Waals surface area (Å²) in [6.45, 7) is 5.73. The van der Waals surface area contributed by atoms with Crippen LogP contribution in [0.25, 0.3) is 0 Å². The van der Waals surface area contributed by atoms with E-state index >= 15 is 0 Å². The fourth-order valence-corrected chi connectivity index (χ4v) is 1.47. The average Bonchev–Trinajstić information content (AvgIpc) is 2.28. The Morgan fingerprint density at radius 2 is 1.73 bits per heavy atom. The fraction of sp³-hybridized carbons (Fsp3) is 1.00. The number of aliphatic hydroxyl groups excluding tert-OH is 2. The van der Waals surface area contributed by atoms with E-state index < -0.39 is 0 Å². The standard InChI is InChI=1S/C6H12O2.C5H10O2/c7-5-6-1-3-8-4-2-6;1-5(2-6)3-7-4-5/h6-7H,1-5H2;6H,2-4H2,1H3. The smallest absolute Gasteiger partial charge is 0.0564 e. The minimum absolute atomic E-state index is 0.0972. The lowest BCUT2D eigenvalue weighted by Gasteiger charge is -2.35. The molecule has 0 atom stereocenters. The van der Waals surface area contributed by atoms with Crippen molar-refractivity contribution in [3.63, 3.8) is 0 Å². The highest BCUT2D eigenvalue weighted by atomic mass is 16.5. The number of ether oxygens (including phenoxy) is 2. The van der Waals surface area contributed by atoms with Gasteiger partial charge in [0, 0.05) is 25.2 Å². The van der Waals surface area contributed by atoms with Gasteiger partial charge in [-0.05, 0) is 18.8 Å². The zero-order valence-electron chi connectivity index (χ0n) is 9.45. The average molecular weight is 218 g/mol. The van der Waals surface area contributed by atoms with Crippen LogP contribution in [-0.4, -0.2) is 49.9 Å². The Morgan fingerprint density at radius 1 is 1.13 bits per heavy atom. The molecule has 0 aliphatic carbocycles. The molecule has 0 radical (unpaired) electrons. The van der Waals surface area contributed by atoms with Gasteiger partial charge >= 0.3 is 0 Å². The van der Waals surface area contributed by atoms with Crippen LogP contribution >= 0.6 is 0 Å². The van der Waals surface area contributed by atoms with E-state index in [0.29, 0.717) is 12.5 Å². The van der Waals surface area contributed by atoms with E-state index in [4.69, 9.17) is 19.7 Å². The Morgan fingerprint density at radius 3 is 1.93 bits per heavy atom. The lowest BCUT2D eigenvalue weighted by Crippen LogP contribution is -2.42. The molecular formula is C11H22O4. The van der Waals surface area contributed by atoms with Crippen LogP contribution in [0.3, 0.4) is 0 Å². The van der Waals surface area contributed by atoms with Crippen molar-refractivity contribution in [3.8, 4) is 0 Å². The van der Waals surface area contributed by atoms with Crippen molar-refractivity contribution in [1.82, 2.24) is 0 Å². The number of aliphatic hydroxyl groups is 2. The van der Waals surface area contributed by atoms with E-state index in [1.165, 1.54) is 0 Å². The molecule has 0 aromatic carbocycles. The molecule has 2 aliphatic rings. The third-order valence-electron chi connectivity index (χ3n) is 2.88.